The Kier molecular flexibility index (Phi) is 5.44. The summed E-state index contributed by atoms with van der Waals surface area (Å²) in [5.74, 6) is 1.23. The van der Waals surface area contributed by atoms with Crippen LogP contribution in [-0.2, 0) is 11.3 Å². The Hall–Kier alpha value is -2.28. The number of ether oxygens (including phenoxy) is 1. The molecule has 1 heterocycles. The van der Waals surface area contributed by atoms with E-state index in [1.807, 2.05) is 26.0 Å². The number of guanidine groups is 2. The normalized spacial score (nSPS) is 16.7. The fourth-order valence-electron chi connectivity index (χ4n) is 2.24. The Balaban J connectivity index is 1.74. The molecule has 7 nitrogen and oxygen atoms in total. The van der Waals surface area contributed by atoms with E-state index >= 15 is 0 Å². The quantitative estimate of drug-likeness (QED) is 0.744. The molecule has 0 saturated carbocycles. The van der Waals surface area contributed by atoms with Crippen LogP contribution in [0.1, 0.15) is 32.8 Å². The number of aryl methyl sites for hydroxylation is 1. The number of nitrogens with two attached hydrogens (primary N) is 2. The summed E-state index contributed by atoms with van der Waals surface area (Å²) in [5, 5.41) is 1.47. The molecule has 0 bridgehead atoms. The summed E-state index contributed by atoms with van der Waals surface area (Å²) < 4.78 is 5.68. The first kappa shape index (κ1) is 17.1. The molecule has 4 N–H and O–H groups in total. The van der Waals surface area contributed by atoms with Gasteiger partial charge < -0.3 is 16.2 Å². The molecule has 0 unspecified atom stereocenters. The molecule has 0 aliphatic carbocycles. The molecular formula is C16H25N5O2. The average molecular weight is 319 g/mol. The lowest BCUT2D eigenvalue weighted by Crippen LogP contribution is -2.53. The molecule has 0 fully saturated rings. The second-order valence-corrected chi connectivity index (χ2v) is 5.76. The zero-order valence-corrected chi connectivity index (χ0v) is 14.0. The van der Waals surface area contributed by atoms with Gasteiger partial charge in [0.1, 0.15) is 5.75 Å². The number of hydrogen-bond acceptors (Lipinski definition) is 7. The standard InChI is InChI=1S/C16H25N5O2/c1-4-12-6-8-13(9-7-12)22-10-5-11-23-21-15(18)19-14(17)20-16(21,2)3/h6-9H,4-5,10-11H2,1-3H3,(H4,17,18,19,20). The first-order chi connectivity index (χ1) is 10.9. The highest BCUT2D eigenvalue weighted by Gasteiger charge is 2.32. The fourth-order valence-corrected chi connectivity index (χ4v) is 2.24. The molecule has 1 aromatic carbocycles. The first-order valence-corrected chi connectivity index (χ1v) is 7.77. The summed E-state index contributed by atoms with van der Waals surface area (Å²) in [6, 6.07) is 8.11. The summed E-state index contributed by atoms with van der Waals surface area (Å²) in [6.07, 6.45) is 1.74. The van der Waals surface area contributed by atoms with Crippen molar-refractivity contribution in [1.29, 1.82) is 0 Å². The molecule has 0 atom stereocenters. The van der Waals surface area contributed by atoms with Gasteiger partial charge in [-0.15, -0.1) is 0 Å². The minimum atomic E-state index is -0.674. The van der Waals surface area contributed by atoms with E-state index in [9.17, 15) is 0 Å². The van der Waals surface area contributed by atoms with Crippen LogP contribution in [0.4, 0.5) is 0 Å². The van der Waals surface area contributed by atoms with Gasteiger partial charge in [-0.2, -0.15) is 10.1 Å². The molecule has 0 spiro atoms. The van der Waals surface area contributed by atoms with E-state index in [1.54, 1.807) is 0 Å². The van der Waals surface area contributed by atoms with Crippen molar-refractivity contribution in [3.8, 4) is 5.75 Å². The molecule has 2 rings (SSSR count). The molecule has 0 amide bonds. The van der Waals surface area contributed by atoms with Crippen molar-refractivity contribution >= 4 is 11.9 Å². The largest absolute Gasteiger partial charge is 0.494 e. The van der Waals surface area contributed by atoms with Crippen LogP contribution >= 0.6 is 0 Å². The molecule has 0 radical (unpaired) electrons. The fraction of sp³-hybridized carbons (Fsp3) is 0.500. The molecule has 0 aromatic heterocycles. The van der Waals surface area contributed by atoms with Crippen molar-refractivity contribution in [2.45, 2.75) is 39.3 Å². The van der Waals surface area contributed by atoms with Gasteiger partial charge in [0, 0.05) is 6.42 Å². The zero-order chi connectivity index (χ0) is 16.9. The zero-order valence-electron chi connectivity index (χ0n) is 14.0. The number of hydrogen-bond donors (Lipinski definition) is 2. The number of rotatable bonds is 7. The van der Waals surface area contributed by atoms with Crippen molar-refractivity contribution in [3.63, 3.8) is 0 Å². The lowest BCUT2D eigenvalue weighted by Gasteiger charge is -2.36. The minimum absolute atomic E-state index is 0.159. The Bertz CT molecular complexity index is 581. The minimum Gasteiger partial charge on any atom is -0.494 e. The number of hydroxylamine groups is 2. The highest BCUT2D eigenvalue weighted by molar-refractivity contribution is 5.95. The maximum atomic E-state index is 5.84. The topological polar surface area (TPSA) is 98.5 Å². The van der Waals surface area contributed by atoms with E-state index in [4.69, 9.17) is 21.0 Å². The third-order valence-corrected chi connectivity index (χ3v) is 3.43. The van der Waals surface area contributed by atoms with Gasteiger partial charge in [-0.3, -0.25) is 4.84 Å². The van der Waals surface area contributed by atoms with Crippen LogP contribution in [0.15, 0.2) is 34.3 Å². The number of nitrogens with zero attached hydrogens (tertiary/aromatic N) is 3. The van der Waals surface area contributed by atoms with E-state index in [0.717, 1.165) is 12.2 Å². The van der Waals surface area contributed by atoms with Crippen LogP contribution in [0, 0.1) is 0 Å². The van der Waals surface area contributed by atoms with Gasteiger partial charge >= 0.3 is 0 Å². The summed E-state index contributed by atoms with van der Waals surface area (Å²) in [4.78, 5) is 13.8. The number of benzene rings is 1. The third kappa shape index (κ3) is 4.59. The highest BCUT2D eigenvalue weighted by atomic mass is 16.7. The van der Waals surface area contributed by atoms with Crippen molar-refractivity contribution in [2.24, 2.45) is 21.5 Å². The predicted octanol–water partition coefficient (Wildman–Crippen LogP) is 1.63. The van der Waals surface area contributed by atoms with Crippen LogP contribution in [0.3, 0.4) is 0 Å². The smallest absolute Gasteiger partial charge is 0.226 e. The van der Waals surface area contributed by atoms with E-state index in [-0.39, 0.29) is 11.9 Å². The highest BCUT2D eigenvalue weighted by Crippen LogP contribution is 2.20. The molecule has 1 aliphatic heterocycles. The third-order valence-electron chi connectivity index (χ3n) is 3.43. The van der Waals surface area contributed by atoms with Crippen LogP contribution < -0.4 is 16.2 Å². The summed E-state index contributed by atoms with van der Waals surface area (Å²) >= 11 is 0. The molecule has 7 heteroatoms. The monoisotopic (exact) mass is 319 g/mol. The average Bonchev–Trinajstić information content (AvgIpc) is 2.49. The van der Waals surface area contributed by atoms with E-state index < -0.39 is 5.66 Å². The van der Waals surface area contributed by atoms with Gasteiger partial charge in [0.25, 0.3) is 0 Å². The van der Waals surface area contributed by atoms with Crippen molar-refractivity contribution in [2.75, 3.05) is 13.2 Å². The van der Waals surface area contributed by atoms with Crippen molar-refractivity contribution in [3.05, 3.63) is 29.8 Å². The van der Waals surface area contributed by atoms with Gasteiger partial charge in [0.2, 0.25) is 11.9 Å². The van der Waals surface area contributed by atoms with E-state index in [1.165, 1.54) is 10.6 Å². The van der Waals surface area contributed by atoms with E-state index in [0.29, 0.717) is 19.6 Å². The molecule has 0 saturated heterocycles. The maximum absolute atomic E-state index is 5.84. The summed E-state index contributed by atoms with van der Waals surface area (Å²) in [5.41, 5.74) is 12.1. The SMILES string of the molecule is CCc1ccc(OCCCON2C(N)=NC(N)=NC2(C)C)cc1. The Morgan fingerprint density at radius 1 is 1.13 bits per heavy atom. The predicted molar refractivity (Wildman–Crippen MR) is 91.0 cm³/mol. The van der Waals surface area contributed by atoms with Gasteiger partial charge in [-0.1, -0.05) is 19.1 Å². The van der Waals surface area contributed by atoms with Gasteiger partial charge in [0.05, 0.1) is 13.2 Å². The molecule has 126 valence electrons. The lowest BCUT2D eigenvalue weighted by atomic mass is 10.2. The van der Waals surface area contributed by atoms with Crippen LogP contribution in [0.5, 0.6) is 5.75 Å². The van der Waals surface area contributed by atoms with E-state index in [2.05, 4.69) is 29.0 Å². The molecule has 23 heavy (non-hydrogen) atoms. The van der Waals surface area contributed by atoms with Gasteiger partial charge in [0.15, 0.2) is 5.66 Å². The van der Waals surface area contributed by atoms with Crippen molar-refractivity contribution < 1.29 is 9.57 Å². The van der Waals surface area contributed by atoms with Crippen LogP contribution in [0.25, 0.3) is 0 Å². The first-order valence-electron chi connectivity index (χ1n) is 7.77. The molecule has 1 aliphatic rings. The lowest BCUT2D eigenvalue weighted by molar-refractivity contribution is -0.158. The molecule has 1 aromatic rings. The van der Waals surface area contributed by atoms with Gasteiger partial charge in [-0.25, -0.2) is 4.99 Å². The Morgan fingerprint density at radius 3 is 2.43 bits per heavy atom. The summed E-state index contributed by atoms with van der Waals surface area (Å²) in [6.45, 7) is 6.84. The van der Waals surface area contributed by atoms with Crippen molar-refractivity contribution in [1.82, 2.24) is 5.06 Å². The Morgan fingerprint density at radius 2 is 1.83 bits per heavy atom. The maximum Gasteiger partial charge on any atom is 0.226 e. The summed E-state index contributed by atoms with van der Waals surface area (Å²) in [7, 11) is 0. The second-order valence-electron chi connectivity index (χ2n) is 5.76. The second kappa shape index (κ2) is 7.32. The van der Waals surface area contributed by atoms with Gasteiger partial charge in [-0.05, 0) is 38.0 Å². The van der Waals surface area contributed by atoms with Crippen LogP contribution in [0.2, 0.25) is 0 Å². The number of aliphatic imine (C=N–C) groups is 2. The van der Waals surface area contributed by atoms with Crippen LogP contribution in [-0.4, -0.2) is 35.9 Å². The molecular weight excluding hydrogens is 294 g/mol. The Labute approximate surface area is 136 Å².